The smallest absolute Gasteiger partial charge is 0.303 e. The predicted octanol–water partition coefficient (Wildman–Crippen LogP) is 4.34. The van der Waals surface area contributed by atoms with E-state index in [4.69, 9.17) is 5.11 Å². The molecule has 0 fully saturated rings. The molecule has 0 saturated carbocycles. The number of rotatable bonds is 12. The van der Waals surface area contributed by atoms with Crippen molar-refractivity contribution in [3.05, 3.63) is 0 Å². The van der Waals surface area contributed by atoms with Gasteiger partial charge in [0, 0.05) is 6.42 Å². The standard InChI is InChI=1S/C13H26O2S/c1-16-12-10-8-6-4-2-3-5-7-9-11-13(14)15/h2-12H2,1H3,(H,14,15). The number of carboxylic acid groups (broad SMARTS) is 1. The number of hydrogen-bond acceptors (Lipinski definition) is 2. The Hall–Kier alpha value is -0.180. The second-order valence-corrected chi connectivity index (χ2v) is 5.30. The third-order valence-corrected chi connectivity index (χ3v) is 3.44. The lowest BCUT2D eigenvalue weighted by molar-refractivity contribution is -0.137. The van der Waals surface area contributed by atoms with Crippen LogP contribution in [0.2, 0.25) is 0 Å². The van der Waals surface area contributed by atoms with Crippen molar-refractivity contribution < 1.29 is 9.90 Å². The van der Waals surface area contributed by atoms with Crippen LogP contribution in [0.15, 0.2) is 0 Å². The molecule has 0 radical (unpaired) electrons. The molecule has 3 heteroatoms. The highest BCUT2D eigenvalue weighted by Gasteiger charge is 1.96. The number of unbranched alkanes of at least 4 members (excludes halogenated alkanes) is 8. The van der Waals surface area contributed by atoms with Gasteiger partial charge in [0.15, 0.2) is 0 Å². The van der Waals surface area contributed by atoms with E-state index in [2.05, 4.69) is 6.26 Å². The minimum atomic E-state index is -0.659. The minimum absolute atomic E-state index is 0.342. The molecule has 0 aromatic heterocycles. The van der Waals surface area contributed by atoms with Gasteiger partial charge in [0.25, 0.3) is 0 Å². The molecule has 2 nitrogen and oxygen atoms in total. The van der Waals surface area contributed by atoms with Gasteiger partial charge in [-0.05, 0) is 24.9 Å². The van der Waals surface area contributed by atoms with Crippen LogP contribution in [-0.4, -0.2) is 23.1 Å². The summed E-state index contributed by atoms with van der Waals surface area (Å²) < 4.78 is 0. The van der Waals surface area contributed by atoms with E-state index in [-0.39, 0.29) is 0 Å². The molecule has 0 atom stereocenters. The van der Waals surface area contributed by atoms with Gasteiger partial charge in [-0.25, -0.2) is 0 Å². The number of thioether (sulfide) groups is 1. The lowest BCUT2D eigenvalue weighted by atomic mass is 10.1. The second kappa shape index (κ2) is 12.9. The zero-order valence-corrected chi connectivity index (χ0v) is 11.4. The molecule has 0 aliphatic carbocycles. The first-order valence-electron chi connectivity index (χ1n) is 6.48. The molecule has 0 saturated heterocycles. The fourth-order valence-corrected chi connectivity index (χ4v) is 2.25. The third kappa shape index (κ3) is 13.8. The molecule has 0 spiro atoms. The van der Waals surface area contributed by atoms with E-state index >= 15 is 0 Å². The summed E-state index contributed by atoms with van der Waals surface area (Å²) in [7, 11) is 0. The van der Waals surface area contributed by atoms with E-state index < -0.39 is 5.97 Å². The quantitative estimate of drug-likeness (QED) is 0.521. The van der Waals surface area contributed by atoms with Gasteiger partial charge in [-0.1, -0.05) is 44.9 Å². The van der Waals surface area contributed by atoms with Crippen molar-refractivity contribution >= 4 is 17.7 Å². The summed E-state index contributed by atoms with van der Waals surface area (Å²) >= 11 is 1.93. The van der Waals surface area contributed by atoms with Crippen molar-refractivity contribution in [2.45, 2.75) is 64.2 Å². The van der Waals surface area contributed by atoms with Crippen molar-refractivity contribution in [1.29, 1.82) is 0 Å². The average Bonchev–Trinajstić information content (AvgIpc) is 2.25. The summed E-state index contributed by atoms with van der Waals surface area (Å²) in [5.74, 6) is 0.642. The molecule has 0 aliphatic rings. The molecule has 0 unspecified atom stereocenters. The molecular weight excluding hydrogens is 220 g/mol. The molecule has 0 rings (SSSR count). The number of carbonyl (C=O) groups is 1. The summed E-state index contributed by atoms with van der Waals surface area (Å²) in [4.78, 5) is 10.3. The van der Waals surface area contributed by atoms with E-state index in [1.165, 1.54) is 50.7 Å². The highest BCUT2D eigenvalue weighted by atomic mass is 32.2. The Kier molecular flexibility index (Phi) is 12.7. The van der Waals surface area contributed by atoms with Crippen LogP contribution in [0.4, 0.5) is 0 Å². The van der Waals surface area contributed by atoms with E-state index in [0.717, 1.165) is 12.8 Å². The van der Waals surface area contributed by atoms with Crippen LogP contribution in [0, 0.1) is 0 Å². The zero-order chi connectivity index (χ0) is 12.1. The normalized spacial score (nSPS) is 10.6. The highest BCUT2D eigenvalue weighted by Crippen LogP contribution is 2.11. The first-order valence-corrected chi connectivity index (χ1v) is 7.87. The van der Waals surface area contributed by atoms with Crippen molar-refractivity contribution in [2.75, 3.05) is 12.0 Å². The van der Waals surface area contributed by atoms with Gasteiger partial charge >= 0.3 is 5.97 Å². The lowest BCUT2D eigenvalue weighted by Gasteiger charge is -2.01. The molecule has 1 N–H and O–H groups in total. The van der Waals surface area contributed by atoms with E-state index in [1.807, 2.05) is 11.8 Å². The number of carboxylic acids is 1. The number of aliphatic carboxylic acids is 1. The largest absolute Gasteiger partial charge is 0.481 e. The summed E-state index contributed by atoms with van der Waals surface area (Å²) in [6, 6.07) is 0. The van der Waals surface area contributed by atoms with Gasteiger partial charge in [0.05, 0.1) is 0 Å². The SMILES string of the molecule is CSCCCCCCCCCCCC(=O)O. The van der Waals surface area contributed by atoms with E-state index in [0.29, 0.717) is 6.42 Å². The van der Waals surface area contributed by atoms with Gasteiger partial charge in [-0.3, -0.25) is 4.79 Å². The fourth-order valence-electron chi connectivity index (χ4n) is 1.76. The molecule has 0 aromatic rings. The van der Waals surface area contributed by atoms with Crippen molar-refractivity contribution in [3.8, 4) is 0 Å². The maximum atomic E-state index is 10.3. The first kappa shape index (κ1) is 15.8. The van der Waals surface area contributed by atoms with Gasteiger partial charge in [-0.15, -0.1) is 0 Å². The van der Waals surface area contributed by atoms with E-state index in [9.17, 15) is 4.79 Å². The third-order valence-electron chi connectivity index (χ3n) is 2.74. The summed E-state index contributed by atoms with van der Waals surface area (Å²) in [5.41, 5.74) is 0. The van der Waals surface area contributed by atoms with Gasteiger partial charge in [0.1, 0.15) is 0 Å². The monoisotopic (exact) mass is 246 g/mol. The lowest BCUT2D eigenvalue weighted by Crippen LogP contribution is -1.93. The van der Waals surface area contributed by atoms with Crippen LogP contribution in [-0.2, 0) is 4.79 Å². The predicted molar refractivity (Wildman–Crippen MR) is 72.2 cm³/mol. The maximum absolute atomic E-state index is 10.3. The van der Waals surface area contributed by atoms with Crippen molar-refractivity contribution in [2.24, 2.45) is 0 Å². The molecule has 0 aliphatic heterocycles. The maximum Gasteiger partial charge on any atom is 0.303 e. The fraction of sp³-hybridized carbons (Fsp3) is 0.923. The van der Waals surface area contributed by atoms with Gasteiger partial charge < -0.3 is 5.11 Å². The first-order chi connectivity index (χ1) is 7.77. The molecule has 96 valence electrons. The molecule has 0 aromatic carbocycles. The minimum Gasteiger partial charge on any atom is -0.481 e. The van der Waals surface area contributed by atoms with Crippen molar-refractivity contribution in [1.82, 2.24) is 0 Å². The molecule has 0 amide bonds. The summed E-state index contributed by atoms with van der Waals surface area (Å²) in [6.45, 7) is 0. The molecule has 0 bridgehead atoms. The van der Waals surface area contributed by atoms with Gasteiger partial charge in [-0.2, -0.15) is 11.8 Å². The van der Waals surface area contributed by atoms with Crippen LogP contribution in [0.3, 0.4) is 0 Å². The molecule has 16 heavy (non-hydrogen) atoms. The van der Waals surface area contributed by atoms with Gasteiger partial charge in [0.2, 0.25) is 0 Å². The highest BCUT2D eigenvalue weighted by molar-refractivity contribution is 7.98. The van der Waals surface area contributed by atoms with E-state index in [1.54, 1.807) is 0 Å². The zero-order valence-electron chi connectivity index (χ0n) is 10.5. The Balaban J connectivity index is 2.90. The van der Waals surface area contributed by atoms with Crippen LogP contribution >= 0.6 is 11.8 Å². The van der Waals surface area contributed by atoms with Crippen LogP contribution in [0.25, 0.3) is 0 Å². The van der Waals surface area contributed by atoms with Crippen LogP contribution < -0.4 is 0 Å². The second-order valence-electron chi connectivity index (χ2n) is 4.32. The Morgan fingerprint density at radius 1 is 0.875 bits per heavy atom. The Morgan fingerprint density at radius 3 is 1.75 bits per heavy atom. The van der Waals surface area contributed by atoms with Crippen LogP contribution in [0.5, 0.6) is 0 Å². The Bertz CT molecular complexity index is 160. The molecule has 0 heterocycles. The Labute approximate surface area is 104 Å². The average molecular weight is 246 g/mol. The Morgan fingerprint density at radius 2 is 1.31 bits per heavy atom. The topological polar surface area (TPSA) is 37.3 Å². The number of hydrogen-bond donors (Lipinski definition) is 1. The molecular formula is C13H26O2S. The van der Waals surface area contributed by atoms with Crippen molar-refractivity contribution in [3.63, 3.8) is 0 Å². The van der Waals surface area contributed by atoms with Crippen LogP contribution in [0.1, 0.15) is 64.2 Å². The summed E-state index contributed by atoms with van der Waals surface area (Å²) in [5, 5.41) is 8.46. The summed E-state index contributed by atoms with van der Waals surface area (Å²) in [6.07, 6.45) is 13.7.